The number of nitrogens with one attached hydrogen (secondary N) is 1. The molecule has 0 bridgehead atoms. The minimum Gasteiger partial charge on any atom is -0.464 e. The number of ether oxygens (including phenoxy) is 1. The average molecular weight is 510 g/mol. The molecular formula is C28H26F3N3O3. The minimum absolute atomic E-state index is 0.00319. The van der Waals surface area contributed by atoms with Crippen molar-refractivity contribution in [3.63, 3.8) is 0 Å². The fourth-order valence-corrected chi connectivity index (χ4v) is 5.00. The van der Waals surface area contributed by atoms with Gasteiger partial charge in [-0.15, -0.1) is 0 Å². The van der Waals surface area contributed by atoms with Gasteiger partial charge in [-0.05, 0) is 60.7 Å². The summed E-state index contributed by atoms with van der Waals surface area (Å²) in [5.74, 6) is -0.790. The van der Waals surface area contributed by atoms with E-state index in [2.05, 4.69) is 19.9 Å². The Morgan fingerprint density at radius 3 is 2.43 bits per heavy atom. The fraction of sp³-hybridized carbons (Fsp3) is 0.321. The van der Waals surface area contributed by atoms with Crippen LogP contribution in [-0.4, -0.2) is 30.5 Å². The molecule has 1 aliphatic heterocycles. The van der Waals surface area contributed by atoms with Crippen LogP contribution in [0.3, 0.4) is 0 Å². The van der Waals surface area contributed by atoms with E-state index >= 15 is 0 Å². The van der Waals surface area contributed by atoms with Crippen LogP contribution in [0.25, 0.3) is 0 Å². The van der Waals surface area contributed by atoms with E-state index in [0.29, 0.717) is 12.1 Å². The molecule has 1 aromatic heterocycles. The van der Waals surface area contributed by atoms with Gasteiger partial charge in [-0.1, -0.05) is 30.3 Å². The van der Waals surface area contributed by atoms with Crippen molar-refractivity contribution >= 4 is 17.6 Å². The second-order valence-corrected chi connectivity index (χ2v) is 9.70. The minimum atomic E-state index is -4.38. The molecular weight excluding hydrogens is 483 g/mol. The molecule has 2 aromatic carbocycles. The number of hydrogen-bond donors (Lipinski definition) is 1. The summed E-state index contributed by atoms with van der Waals surface area (Å²) in [7, 11) is 1.28. The van der Waals surface area contributed by atoms with Crippen LogP contribution in [0.2, 0.25) is 0 Å². The van der Waals surface area contributed by atoms with E-state index in [1.165, 1.54) is 25.4 Å². The number of carbonyl (C=O) groups excluding carboxylic acids is 2. The lowest BCUT2D eigenvalue weighted by Crippen LogP contribution is -2.29. The van der Waals surface area contributed by atoms with Crippen LogP contribution in [0.4, 0.5) is 18.9 Å². The Morgan fingerprint density at radius 1 is 1.11 bits per heavy atom. The number of nitrogens with zero attached hydrogens (tertiary/aromatic N) is 2. The highest BCUT2D eigenvalue weighted by atomic mass is 19.4. The van der Waals surface area contributed by atoms with Gasteiger partial charge >= 0.3 is 12.1 Å². The Labute approximate surface area is 212 Å². The van der Waals surface area contributed by atoms with E-state index in [-0.39, 0.29) is 23.1 Å². The highest BCUT2D eigenvalue weighted by Gasteiger charge is 2.52. The smallest absolute Gasteiger partial charge is 0.416 e. The van der Waals surface area contributed by atoms with Crippen molar-refractivity contribution in [2.24, 2.45) is 0 Å². The van der Waals surface area contributed by atoms with Crippen LogP contribution in [0.1, 0.15) is 68.9 Å². The quantitative estimate of drug-likeness (QED) is 0.449. The van der Waals surface area contributed by atoms with Crippen molar-refractivity contribution in [3.05, 3.63) is 94.3 Å². The zero-order valence-electron chi connectivity index (χ0n) is 20.4. The third-order valence-electron chi connectivity index (χ3n) is 7.20. The van der Waals surface area contributed by atoms with E-state index < -0.39 is 17.7 Å². The first kappa shape index (κ1) is 24.8. The summed E-state index contributed by atoms with van der Waals surface area (Å²) in [6.07, 6.45) is -0.816. The molecule has 5 rings (SSSR count). The van der Waals surface area contributed by atoms with Gasteiger partial charge in [-0.25, -0.2) is 9.78 Å². The normalized spacial score (nSPS) is 16.3. The molecule has 0 radical (unpaired) electrons. The summed E-state index contributed by atoms with van der Waals surface area (Å²) < 4.78 is 43.6. The number of alkyl halides is 3. The van der Waals surface area contributed by atoms with Crippen LogP contribution in [0, 0.1) is 0 Å². The average Bonchev–Trinajstić information content (AvgIpc) is 3.60. The number of anilines is 1. The number of aromatic nitrogens is 1. The van der Waals surface area contributed by atoms with Crippen molar-refractivity contribution in [1.82, 2.24) is 10.3 Å². The van der Waals surface area contributed by atoms with Crippen LogP contribution >= 0.6 is 0 Å². The zero-order valence-corrected chi connectivity index (χ0v) is 20.4. The molecule has 1 saturated carbocycles. The number of esters is 1. The van der Waals surface area contributed by atoms with E-state index in [4.69, 9.17) is 0 Å². The zero-order chi connectivity index (χ0) is 26.4. The highest BCUT2D eigenvalue weighted by Crippen LogP contribution is 2.57. The Kier molecular flexibility index (Phi) is 6.17. The van der Waals surface area contributed by atoms with Gasteiger partial charge in [0.25, 0.3) is 5.91 Å². The maximum absolute atomic E-state index is 13.4. The second-order valence-electron chi connectivity index (χ2n) is 9.70. The van der Waals surface area contributed by atoms with E-state index in [9.17, 15) is 22.8 Å². The van der Waals surface area contributed by atoms with Crippen LogP contribution in [0.15, 0.2) is 60.8 Å². The second kappa shape index (κ2) is 9.21. The molecule has 192 valence electrons. The molecule has 1 spiro atoms. The van der Waals surface area contributed by atoms with Gasteiger partial charge in [0, 0.05) is 24.7 Å². The first-order valence-corrected chi connectivity index (χ1v) is 12.0. The maximum atomic E-state index is 13.4. The predicted octanol–water partition coefficient (Wildman–Crippen LogP) is 5.43. The molecule has 1 atom stereocenters. The summed E-state index contributed by atoms with van der Waals surface area (Å²) >= 11 is 0. The Balaban J connectivity index is 1.38. The Hall–Kier alpha value is -3.88. The van der Waals surface area contributed by atoms with E-state index in [1.807, 2.05) is 19.1 Å². The van der Waals surface area contributed by atoms with Crippen molar-refractivity contribution in [2.75, 3.05) is 18.6 Å². The number of pyridine rings is 1. The summed E-state index contributed by atoms with van der Waals surface area (Å²) in [5, 5.41) is 3.01. The monoisotopic (exact) mass is 509 g/mol. The van der Waals surface area contributed by atoms with E-state index in [1.54, 1.807) is 18.2 Å². The molecule has 1 N–H and O–H groups in total. The lowest BCUT2D eigenvalue weighted by Gasteiger charge is -2.23. The van der Waals surface area contributed by atoms with Gasteiger partial charge in [-0.2, -0.15) is 13.2 Å². The van der Waals surface area contributed by atoms with E-state index in [0.717, 1.165) is 53.9 Å². The Bertz CT molecular complexity index is 1330. The number of benzene rings is 2. The number of amides is 1. The van der Waals surface area contributed by atoms with Crippen LogP contribution < -0.4 is 10.2 Å². The third kappa shape index (κ3) is 4.77. The van der Waals surface area contributed by atoms with Crippen LogP contribution in [0.5, 0.6) is 0 Å². The van der Waals surface area contributed by atoms with Crippen molar-refractivity contribution < 1.29 is 27.5 Å². The standard InChI is InChI=1S/C28H26F3N3O3/c1-17(19-8-11-23(32-14-19)26(36)37-2)33-25(35)21-4-3-5-22-24(21)34(16-27(22)12-13-27)15-18-6-9-20(10-7-18)28(29,30)31/h3-11,14,17H,12-13,15-16H2,1-2H3,(H,33,35). The third-order valence-corrected chi connectivity index (χ3v) is 7.20. The van der Waals surface area contributed by atoms with Crippen molar-refractivity contribution in [3.8, 4) is 0 Å². The van der Waals surface area contributed by atoms with Crippen molar-refractivity contribution in [2.45, 2.75) is 43.9 Å². The molecule has 1 unspecified atom stereocenters. The number of rotatable bonds is 6. The van der Waals surface area contributed by atoms with Crippen molar-refractivity contribution in [1.29, 1.82) is 0 Å². The molecule has 1 aliphatic carbocycles. The number of carbonyl (C=O) groups is 2. The number of methoxy groups -OCH3 is 1. The number of para-hydroxylation sites is 1. The maximum Gasteiger partial charge on any atom is 0.416 e. The first-order chi connectivity index (χ1) is 17.6. The number of hydrogen-bond acceptors (Lipinski definition) is 5. The fourth-order valence-electron chi connectivity index (χ4n) is 5.00. The molecule has 2 heterocycles. The largest absolute Gasteiger partial charge is 0.464 e. The van der Waals surface area contributed by atoms with Gasteiger partial charge in [0.2, 0.25) is 0 Å². The van der Waals surface area contributed by atoms with Gasteiger partial charge in [0.15, 0.2) is 0 Å². The summed E-state index contributed by atoms with van der Waals surface area (Å²) in [5.41, 5.74) is 3.45. The summed E-state index contributed by atoms with van der Waals surface area (Å²) in [6.45, 7) is 2.96. The van der Waals surface area contributed by atoms with Gasteiger partial charge in [0.05, 0.1) is 30.0 Å². The lowest BCUT2D eigenvalue weighted by molar-refractivity contribution is -0.137. The Morgan fingerprint density at radius 2 is 1.84 bits per heavy atom. The molecule has 9 heteroatoms. The lowest BCUT2D eigenvalue weighted by atomic mass is 9.96. The molecule has 3 aromatic rings. The SMILES string of the molecule is COC(=O)c1ccc(C(C)NC(=O)c2cccc3c2N(Cc2ccc(C(F)(F)F)cc2)CC32CC2)cn1. The van der Waals surface area contributed by atoms with Gasteiger partial charge < -0.3 is 15.0 Å². The molecule has 37 heavy (non-hydrogen) atoms. The number of fused-ring (bicyclic) bond motifs is 2. The van der Waals surface area contributed by atoms with Gasteiger partial charge in [-0.3, -0.25) is 4.79 Å². The molecule has 1 fully saturated rings. The molecule has 2 aliphatic rings. The summed E-state index contributed by atoms with van der Waals surface area (Å²) in [6, 6.07) is 13.8. The van der Waals surface area contributed by atoms with Crippen LogP contribution in [-0.2, 0) is 22.9 Å². The predicted molar refractivity (Wildman–Crippen MR) is 131 cm³/mol. The van der Waals surface area contributed by atoms with Gasteiger partial charge in [0.1, 0.15) is 5.69 Å². The molecule has 6 nitrogen and oxygen atoms in total. The first-order valence-electron chi connectivity index (χ1n) is 12.0. The molecule has 0 saturated heterocycles. The summed E-state index contributed by atoms with van der Waals surface area (Å²) in [4.78, 5) is 31.3. The number of halogens is 3. The topological polar surface area (TPSA) is 71.5 Å². The highest BCUT2D eigenvalue weighted by molar-refractivity contribution is 6.01. The molecule has 1 amide bonds.